The minimum absolute atomic E-state index is 0.0675. The summed E-state index contributed by atoms with van der Waals surface area (Å²) in [5.74, 6) is 0.950. The molecule has 2 bridgehead atoms. The van der Waals surface area contributed by atoms with Crippen LogP contribution in [0.25, 0.3) is 0 Å². The Morgan fingerprint density at radius 1 is 1.33 bits per heavy atom. The van der Waals surface area contributed by atoms with Crippen LogP contribution < -0.4 is 5.32 Å². The second kappa shape index (κ2) is 4.23. The molecule has 3 rings (SSSR count). The Morgan fingerprint density at radius 2 is 2.17 bits per heavy atom. The number of benzene rings is 1. The Labute approximate surface area is 104 Å². The van der Waals surface area contributed by atoms with E-state index in [-0.39, 0.29) is 17.4 Å². The number of hydrogen-bond acceptors (Lipinski definition) is 3. The number of nitro groups is 1. The molecule has 1 aromatic rings. The average Bonchev–Trinajstić information content (AvgIpc) is 2.93. The van der Waals surface area contributed by atoms with E-state index >= 15 is 0 Å². The first-order chi connectivity index (χ1) is 8.63. The zero-order valence-electron chi connectivity index (χ0n) is 9.93. The summed E-state index contributed by atoms with van der Waals surface area (Å²) in [4.78, 5) is 10.2. The minimum Gasteiger partial charge on any atom is -0.379 e. The summed E-state index contributed by atoms with van der Waals surface area (Å²) in [6, 6.07) is 3.93. The molecule has 96 valence electrons. The second-order valence-corrected chi connectivity index (χ2v) is 5.35. The van der Waals surface area contributed by atoms with Crippen LogP contribution in [-0.4, -0.2) is 11.0 Å². The van der Waals surface area contributed by atoms with Crippen LogP contribution in [0.5, 0.6) is 0 Å². The maximum absolute atomic E-state index is 13.6. The van der Waals surface area contributed by atoms with Gasteiger partial charge in [0.25, 0.3) is 5.69 Å². The van der Waals surface area contributed by atoms with Crippen LogP contribution in [0.3, 0.4) is 0 Å². The van der Waals surface area contributed by atoms with Gasteiger partial charge in [0.1, 0.15) is 5.82 Å². The smallest absolute Gasteiger partial charge is 0.271 e. The van der Waals surface area contributed by atoms with Crippen LogP contribution in [0.15, 0.2) is 18.2 Å². The fraction of sp³-hybridized carbons (Fsp3) is 0.538. The summed E-state index contributed by atoms with van der Waals surface area (Å²) in [6.45, 7) is 0. The molecule has 0 aromatic heterocycles. The molecule has 3 unspecified atom stereocenters. The lowest BCUT2D eigenvalue weighted by Crippen LogP contribution is -2.26. The number of fused-ring (bicyclic) bond motifs is 2. The molecule has 0 spiro atoms. The number of nitrogens with one attached hydrogen (secondary N) is 1. The van der Waals surface area contributed by atoms with Crippen molar-refractivity contribution in [3.05, 3.63) is 34.1 Å². The zero-order chi connectivity index (χ0) is 12.7. The number of halogens is 1. The van der Waals surface area contributed by atoms with Gasteiger partial charge < -0.3 is 5.32 Å². The highest BCUT2D eigenvalue weighted by Gasteiger charge is 2.39. The monoisotopic (exact) mass is 250 g/mol. The van der Waals surface area contributed by atoms with Crippen molar-refractivity contribution in [1.29, 1.82) is 0 Å². The quantitative estimate of drug-likeness (QED) is 0.661. The maximum atomic E-state index is 13.6. The van der Waals surface area contributed by atoms with Gasteiger partial charge in [-0.2, -0.15) is 0 Å². The third-order valence-corrected chi connectivity index (χ3v) is 4.24. The van der Waals surface area contributed by atoms with E-state index < -0.39 is 10.7 Å². The van der Waals surface area contributed by atoms with Crippen LogP contribution in [0.1, 0.15) is 25.7 Å². The average molecular weight is 250 g/mol. The van der Waals surface area contributed by atoms with Crippen molar-refractivity contribution in [2.45, 2.75) is 31.7 Å². The van der Waals surface area contributed by atoms with Gasteiger partial charge in [0.15, 0.2) is 0 Å². The van der Waals surface area contributed by atoms with Gasteiger partial charge in [0.05, 0.1) is 10.6 Å². The van der Waals surface area contributed by atoms with Crippen molar-refractivity contribution in [3.8, 4) is 0 Å². The van der Waals surface area contributed by atoms with E-state index in [2.05, 4.69) is 5.32 Å². The standard InChI is InChI=1S/C13H15FN2O2/c14-11-4-3-10(16(17)18)7-13(11)15-12-6-8-1-2-9(12)5-8/h3-4,7-9,12,15H,1-2,5-6H2. The Balaban J connectivity index is 1.79. The van der Waals surface area contributed by atoms with Gasteiger partial charge >= 0.3 is 0 Å². The number of anilines is 1. The van der Waals surface area contributed by atoms with E-state index in [1.165, 1.54) is 31.4 Å². The topological polar surface area (TPSA) is 55.2 Å². The summed E-state index contributed by atoms with van der Waals surface area (Å²) < 4.78 is 13.6. The Kier molecular flexibility index (Phi) is 2.69. The molecule has 0 aliphatic heterocycles. The number of nitro benzene ring substituents is 1. The summed E-state index contributed by atoms with van der Waals surface area (Å²) in [6.07, 6.45) is 4.75. The molecule has 0 amide bonds. The highest BCUT2D eigenvalue weighted by atomic mass is 19.1. The lowest BCUT2D eigenvalue weighted by molar-refractivity contribution is -0.384. The number of hydrogen-bond donors (Lipinski definition) is 1. The third kappa shape index (κ3) is 1.94. The molecule has 0 saturated heterocycles. The van der Waals surface area contributed by atoms with Crippen molar-refractivity contribution in [2.75, 3.05) is 5.32 Å². The number of nitrogens with zero attached hydrogens (tertiary/aromatic N) is 1. The largest absolute Gasteiger partial charge is 0.379 e. The first kappa shape index (κ1) is 11.4. The van der Waals surface area contributed by atoms with E-state index in [0.29, 0.717) is 5.92 Å². The summed E-state index contributed by atoms with van der Waals surface area (Å²) >= 11 is 0. The lowest BCUT2D eigenvalue weighted by atomic mass is 9.95. The molecular weight excluding hydrogens is 235 g/mol. The Bertz CT molecular complexity index is 492. The molecule has 2 aliphatic rings. The summed E-state index contributed by atoms with van der Waals surface area (Å²) in [5, 5.41) is 13.8. The fourth-order valence-corrected chi connectivity index (χ4v) is 3.36. The molecule has 3 atom stereocenters. The van der Waals surface area contributed by atoms with Gasteiger partial charge in [0, 0.05) is 18.2 Å². The van der Waals surface area contributed by atoms with Crippen LogP contribution in [0.4, 0.5) is 15.8 Å². The fourth-order valence-electron chi connectivity index (χ4n) is 3.36. The van der Waals surface area contributed by atoms with Crippen LogP contribution in [0.2, 0.25) is 0 Å². The van der Waals surface area contributed by atoms with Gasteiger partial charge in [-0.1, -0.05) is 6.42 Å². The third-order valence-electron chi connectivity index (χ3n) is 4.24. The van der Waals surface area contributed by atoms with Crippen LogP contribution in [0, 0.1) is 27.8 Å². The van der Waals surface area contributed by atoms with Crippen LogP contribution in [-0.2, 0) is 0 Å². The highest BCUT2D eigenvalue weighted by Crippen LogP contribution is 2.45. The van der Waals surface area contributed by atoms with Gasteiger partial charge in [0.2, 0.25) is 0 Å². The minimum atomic E-state index is -0.495. The van der Waals surface area contributed by atoms with E-state index in [9.17, 15) is 14.5 Å². The van der Waals surface area contributed by atoms with Gasteiger partial charge in [-0.05, 0) is 37.2 Å². The molecule has 1 N–H and O–H groups in total. The summed E-state index contributed by atoms with van der Waals surface area (Å²) in [5.41, 5.74) is 0.198. The van der Waals surface area contributed by atoms with E-state index in [1.807, 2.05) is 0 Å². The predicted octanol–water partition coefficient (Wildman–Crippen LogP) is 3.33. The predicted molar refractivity (Wildman–Crippen MR) is 65.9 cm³/mol. The van der Waals surface area contributed by atoms with Gasteiger partial charge in [-0.3, -0.25) is 10.1 Å². The van der Waals surface area contributed by atoms with Crippen molar-refractivity contribution in [1.82, 2.24) is 0 Å². The second-order valence-electron chi connectivity index (χ2n) is 5.35. The van der Waals surface area contributed by atoms with Crippen molar-refractivity contribution in [3.63, 3.8) is 0 Å². The zero-order valence-corrected chi connectivity index (χ0v) is 9.93. The molecule has 2 aliphatic carbocycles. The number of non-ortho nitro benzene ring substituents is 1. The molecule has 2 saturated carbocycles. The molecule has 4 nitrogen and oxygen atoms in total. The highest BCUT2D eigenvalue weighted by molar-refractivity contribution is 5.53. The molecule has 5 heteroatoms. The van der Waals surface area contributed by atoms with E-state index in [0.717, 1.165) is 18.4 Å². The van der Waals surface area contributed by atoms with E-state index in [4.69, 9.17) is 0 Å². The molecular formula is C13H15FN2O2. The molecule has 2 fully saturated rings. The van der Waals surface area contributed by atoms with Gasteiger partial charge in [-0.15, -0.1) is 0 Å². The lowest BCUT2D eigenvalue weighted by Gasteiger charge is -2.24. The molecule has 0 radical (unpaired) electrons. The molecule has 0 heterocycles. The van der Waals surface area contributed by atoms with Crippen molar-refractivity contribution < 1.29 is 9.31 Å². The first-order valence-corrected chi connectivity index (χ1v) is 6.34. The van der Waals surface area contributed by atoms with Crippen molar-refractivity contribution >= 4 is 11.4 Å². The van der Waals surface area contributed by atoms with Gasteiger partial charge in [-0.25, -0.2) is 4.39 Å². The van der Waals surface area contributed by atoms with Crippen molar-refractivity contribution in [2.24, 2.45) is 11.8 Å². The molecule has 1 aromatic carbocycles. The summed E-state index contributed by atoms with van der Waals surface area (Å²) in [7, 11) is 0. The molecule has 18 heavy (non-hydrogen) atoms. The Hall–Kier alpha value is -1.65. The van der Waals surface area contributed by atoms with Crippen LogP contribution >= 0.6 is 0 Å². The maximum Gasteiger partial charge on any atom is 0.271 e. The Morgan fingerprint density at radius 3 is 2.78 bits per heavy atom. The first-order valence-electron chi connectivity index (χ1n) is 6.34. The normalized spacial score (nSPS) is 29.5. The number of rotatable bonds is 3. The SMILES string of the molecule is O=[N+]([O-])c1ccc(F)c(NC2CC3CCC2C3)c1. The van der Waals surface area contributed by atoms with E-state index in [1.54, 1.807) is 0 Å².